The average molecular weight is 483 g/mol. The van der Waals surface area contributed by atoms with Gasteiger partial charge in [-0.15, -0.1) is 0 Å². The Balaban J connectivity index is 3.58. The van der Waals surface area contributed by atoms with E-state index < -0.39 is 33.1 Å². The summed E-state index contributed by atoms with van der Waals surface area (Å²) in [6.07, 6.45) is 17.9. The number of esters is 1. The molecule has 0 spiro atoms. The fourth-order valence-corrected chi connectivity index (χ4v) is 4.14. The largest absolute Gasteiger partial charge is 0.472 e. The van der Waals surface area contributed by atoms with Crippen LogP contribution in [0.3, 0.4) is 0 Å². The highest BCUT2D eigenvalue weighted by Crippen LogP contribution is 2.42. The number of ether oxygens (including phenoxy) is 1. The number of carbonyl (C=O) groups is 1. The zero-order valence-corrected chi connectivity index (χ0v) is 21.0. The molecule has 32 heavy (non-hydrogen) atoms. The molecule has 2 atom stereocenters. The summed E-state index contributed by atoms with van der Waals surface area (Å²) < 4.78 is 32.8. The third-order valence-corrected chi connectivity index (χ3v) is 6.25. The molecule has 4 N–H and O–H groups in total. The van der Waals surface area contributed by atoms with E-state index in [1.165, 1.54) is 77.0 Å². The Morgan fingerprint density at radius 1 is 0.906 bits per heavy atom. The maximum atomic E-state index is 11.9. The second-order valence-electron chi connectivity index (χ2n) is 8.34. The van der Waals surface area contributed by atoms with Crippen molar-refractivity contribution in [2.45, 2.75) is 116 Å². The molecule has 0 saturated carbocycles. The zero-order valence-electron chi connectivity index (χ0n) is 21.1. The predicted octanol–water partition coefficient (Wildman–Crippen LogP) is 5.24. The van der Waals surface area contributed by atoms with Crippen LogP contribution in [0.4, 0.5) is 0 Å². The first-order valence-corrected chi connectivity index (χ1v) is 14.0. The van der Waals surface area contributed by atoms with Gasteiger partial charge in [0.1, 0.15) is 7.52 Å². The summed E-state index contributed by atoms with van der Waals surface area (Å²) in [7, 11) is -4.31. The molecule has 8 nitrogen and oxygen atoms in total. The molecule has 0 aliphatic carbocycles. The lowest BCUT2D eigenvalue weighted by Crippen LogP contribution is -2.27. The van der Waals surface area contributed by atoms with Crippen LogP contribution >= 0.6 is 7.82 Å². The van der Waals surface area contributed by atoms with E-state index in [1.807, 2.05) is 5.73 Å². The number of phosphoric ester groups is 1. The van der Waals surface area contributed by atoms with E-state index in [-0.39, 0.29) is 19.6 Å². The van der Waals surface area contributed by atoms with Crippen LogP contribution in [0, 0.1) is 0 Å². The smallest absolute Gasteiger partial charge is 0.457 e. The SMILES string of the molecule is [2H]NCCOP(=O)(O)OC[C@@H](CO)OC(=O)CCCCCCCCCCCCCCCCC. The van der Waals surface area contributed by atoms with Gasteiger partial charge in [0.2, 0.25) is 0 Å². The standard InChI is InChI=1S/C23H48NO7P/c1-2-3-4-5-6-7-8-9-10-11-12-13-14-15-16-17-23(26)31-22(20-25)21-30-32(27,28)29-19-18-24/h22,25H,2-21,24H2,1H3,(H,27,28)/t22-/m1/s1/i/hD. The van der Waals surface area contributed by atoms with Gasteiger partial charge in [0, 0.05) is 13.0 Å². The van der Waals surface area contributed by atoms with Crippen molar-refractivity contribution in [1.82, 2.24) is 0 Å². The average Bonchev–Trinajstić information content (AvgIpc) is 2.79. The molecule has 0 fully saturated rings. The second-order valence-corrected chi connectivity index (χ2v) is 9.80. The van der Waals surface area contributed by atoms with Gasteiger partial charge < -0.3 is 20.5 Å². The van der Waals surface area contributed by atoms with Crippen molar-refractivity contribution in [2.24, 2.45) is 5.73 Å². The van der Waals surface area contributed by atoms with Crippen LogP contribution in [0.5, 0.6) is 0 Å². The fraction of sp³-hybridized carbons (Fsp3) is 0.957. The molecule has 192 valence electrons. The zero-order chi connectivity index (χ0) is 24.6. The number of rotatable bonds is 25. The molecule has 0 aliphatic rings. The number of hydrogen-bond acceptors (Lipinski definition) is 7. The Hall–Kier alpha value is -0.500. The van der Waals surface area contributed by atoms with Crippen molar-refractivity contribution < 1.29 is 34.6 Å². The van der Waals surface area contributed by atoms with E-state index in [4.69, 9.17) is 10.7 Å². The second kappa shape index (κ2) is 22.3. The summed E-state index contributed by atoms with van der Waals surface area (Å²) in [6.45, 7) is 1.17. The van der Waals surface area contributed by atoms with Gasteiger partial charge in [-0.2, -0.15) is 0 Å². The molecule has 0 aliphatic heterocycles. The molecule has 9 heteroatoms. The number of aliphatic hydroxyl groups is 1. The maximum absolute atomic E-state index is 11.9. The van der Waals surface area contributed by atoms with E-state index in [1.54, 1.807) is 0 Å². The Morgan fingerprint density at radius 2 is 1.41 bits per heavy atom. The molecule has 0 radical (unpaired) electrons. The van der Waals surface area contributed by atoms with Crippen molar-refractivity contribution in [1.29, 1.82) is 0 Å². The lowest BCUT2D eigenvalue weighted by molar-refractivity contribution is -0.153. The predicted molar refractivity (Wildman–Crippen MR) is 127 cm³/mol. The van der Waals surface area contributed by atoms with Gasteiger partial charge in [-0.1, -0.05) is 96.8 Å². The summed E-state index contributed by atoms with van der Waals surface area (Å²) in [6, 6.07) is 0. The first-order valence-electron chi connectivity index (χ1n) is 13.0. The molecule has 0 aromatic heterocycles. The third-order valence-electron chi connectivity index (χ3n) is 5.27. The molecule has 0 bridgehead atoms. The van der Waals surface area contributed by atoms with Crippen molar-refractivity contribution in [3.05, 3.63) is 0 Å². The highest BCUT2D eigenvalue weighted by molar-refractivity contribution is 7.47. The molecular weight excluding hydrogens is 433 g/mol. The summed E-state index contributed by atoms with van der Waals surface area (Å²) in [5, 5.41) is 9.29. The van der Waals surface area contributed by atoms with Crippen molar-refractivity contribution in [3.8, 4) is 0 Å². The number of aliphatic hydroxyl groups excluding tert-OH is 1. The lowest BCUT2D eigenvalue weighted by atomic mass is 10.0. The monoisotopic (exact) mass is 482 g/mol. The minimum Gasteiger partial charge on any atom is -0.457 e. The van der Waals surface area contributed by atoms with Crippen molar-refractivity contribution >= 4 is 13.8 Å². The van der Waals surface area contributed by atoms with E-state index >= 15 is 0 Å². The minimum absolute atomic E-state index is 0.0611. The Bertz CT molecular complexity index is 499. The van der Waals surface area contributed by atoms with E-state index in [0.29, 0.717) is 0 Å². The number of hydrogen-bond donors (Lipinski definition) is 3. The van der Waals surface area contributed by atoms with Gasteiger partial charge in [-0.05, 0) is 6.42 Å². The van der Waals surface area contributed by atoms with Gasteiger partial charge in [0.05, 0.1) is 19.8 Å². The Morgan fingerprint density at radius 3 is 1.88 bits per heavy atom. The normalized spacial score (nSPS) is 14.7. The summed E-state index contributed by atoms with van der Waals surface area (Å²) in [4.78, 5) is 21.4. The van der Waals surface area contributed by atoms with Gasteiger partial charge in [0.15, 0.2) is 0 Å². The van der Waals surface area contributed by atoms with Gasteiger partial charge in [-0.25, -0.2) is 4.57 Å². The fourth-order valence-electron chi connectivity index (χ4n) is 3.39. The molecule has 0 amide bonds. The molecule has 0 heterocycles. The maximum Gasteiger partial charge on any atom is 0.472 e. The topological polar surface area (TPSA) is 128 Å². The Kier molecular flexibility index (Phi) is 20.6. The first kappa shape index (κ1) is 29.5. The summed E-state index contributed by atoms with van der Waals surface area (Å²) in [5.74, 6) is -0.459. The lowest BCUT2D eigenvalue weighted by Gasteiger charge is -2.17. The molecule has 0 rings (SSSR count). The van der Waals surface area contributed by atoms with Crippen LogP contribution in [0.25, 0.3) is 0 Å². The van der Waals surface area contributed by atoms with Crippen LogP contribution in [-0.4, -0.2) is 48.4 Å². The van der Waals surface area contributed by atoms with Gasteiger partial charge in [-0.3, -0.25) is 13.8 Å². The van der Waals surface area contributed by atoms with Crippen molar-refractivity contribution in [2.75, 3.05) is 26.4 Å². The minimum atomic E-state index is -4.31. The quantitative estimate of drug-likeness (QED) is 0.0915. The number of nitrogens with two attached hydrogens (primary N) is 1. The van der Waals surface area contributed by atoms with Crippen LogP contribution in [0.1, 0.15) is 110 Å². The molecule has 0 aromatic rings. The first-order chi connectivity index (χ1) is 15.9. The van der Waals surface area contributed by atoms with Gasteiger partial charge in [0.25, 0.3) is 0 Å². The molecular formula is C23H48NO7P. The van der Waals surface area contributed by atoms with Crippen molar-refractivity contribution in [3.63, 3.8) is 0 Å². The summed E-state index contributed by atoms with van der Waals surface area (Å²) >= 11 is 0. The highest BCUT2D eigenvalue weighted by atomic mass is 31.2. The van der Waals surface area contributed by atoms with Crippen LogP contribution in [-0.2, 0) is 23.1 Å². The number of phosphoric acid groups is 1. The van der Waals surface area contributed by atoms with Crippen LogP contribution in [0.15, 0.2) is 0 Å². The molecule has 0 aromatic carbocycles. The number of carbonyl (C=O) groups excluding carboxylic acids is 1. The highest BCUT2D eigenvalue weighted by Gasteiger charge is 2.24. The van der Waals surface area contributed by atoms with E-state index in [2.05, 4.69) is 11.4 Å². The molecule has 0 saturated heterocycles. The Labute approximate surface area is 196 Å². The van der Waals surface area contributed by atoms with Crippen LogP contribution < -0.4 is 5.73 Å². The van der Waals surface area contributed by atoms with Gasteiger partial charge >= 0.3 is 13.8 Å². The van der Waals surface area contributed by atoms with E-state index in [9.17, 15) is 19.4 Å². The summed E-state index contributed by atoms with van der Waals surface area (Å²) in [5.41, 5.74) is 2.02. The molecule has 1 unspecified atom stereocenters. The van der Waals surface area contributed by atoms with Crippen LogP contribution in [0.2, 0.25) is 1.41 Å². The third kappa shape index (κ3) is 21.4. The van der Waals surface area contributed by atoms with E-state index in [0.717, 1.165) is 19.3 Å². The number of unbranched alkanes of at least 4 members (excludes halogenated alkanes) is 14.